The van der Waals surface area contributed by atoms with E-state index in [2.05, 4.69) is 240 Å². The first kappa shape index (κ1) is 33.5. The molecule has 9 aromatic carbocycles. The number of nitrogens with one attached hydrogen (secondary N) is 2. The summed E-state index contributed by atoms with van der Waals surface area (Å²) in [4.78, 5) is 4.60. The van der Waals surface area contributed by atoms with E-state index in [9.17, 15) is 0 Å². The van der Waals surface area contributed by atoms with E-state index in [-0.39, 0.29) is 0 Å². The van der Waals surface area contributed by atoms with Crippen molar-refractivity contribution >= 4 is 78.4 Å². The summed E-state index contributed by atoms with van der Waals surface area (Å²) < 4.78 is 0. The van der Waals surface area contributed by atoms with E-state index in [4.69, 9.17) is 0 Å². The van der Waals surface area contributed by atoms with Crippen LogP contribution in [0.25, 0.3) is 21.5 Å². The summed E-state index contributed by atoms with van der Waals surface area (Å²) in [7, 11) is 0. The molecule has 0 aliphatic rings. The molecule has 0 unspecified atom stereocenters. The second kappa shape index (κ2) is 15.0. The number of aryl methyl sites for hydroxylation is 1. The Morgan fingerprint density at radius 3 is 1.05 bits per heavy atom. The van der Waals surface area contributed by atoms with Gasteiger partial charge in [0.25, 0.3) is 0 Å². The fraction of sp³-hybridized carbons (Fsp3) is 0.0196. The van der Waals surface area contributed by atoms with Crippen molar-refractivity contribution in [3.8, 4) is 0 Å². The van der Waals surface area contributed by atoms with Crippen molar-refractivity contribution in [1.29, 1.82) is 0 Å². The van der Waals surface area contributed by atoms with Crippen LogP contribution in [-0.2, 0) is 0 Å². The average molecular weight is 709 g/mol. The van der Waals surface area contributed by atoms with Crippen LogP contribution in [0.4, 0.5) is 56.9 Å². The van der Waals surface area contributed by atoms with Crippen molar-refractivity contribution in [1.82, 2.24) is 0 Å². The van der Waals surface area contributed by atoms with Crippen LogP contribution in [0.3, 0.4) is 0 Å². The van der Waals surface area contributed by atoms with Gasteiger partial charge in [-0.2, -0.15) is 0 Å². The number of anilines is 10. The lowest BCUT2D eigenvalue weighted by Crippen LogP contribution is -2.10. The van der Waals surface area contributed by atoms with E-state index < -0.39 is 0 Å². The summed E-state index contributed by atoms with van der Waals surface area (Å²) in [5.41, 5.74) is 12.0. The second-order valence-corrected chi connectivity index (χ2v) is 13.8. The SMILES string of the molecule is Cc1ccc(Nc2ccc(N(c3ccc(Nc4ccc(N(c5ccccc5)c5ccccc5)cc4)cc3)c3ccc4cc5ccccc5cc4c3)cc2)cc1. The highest BCUT2D eigenvalue weighted by atomic mass is 15.1. The highest BCUT2D eigenvalue weighted by Crippen LogP contribution is 2.39. The Morgan fingerprint density at radius 2 is 0.600 bits per heavy atom. The Labute approximate surface area is 322 Å². The smallest absolute Gasteiger partial charge is 0.0468 e. The second-order valence-electron chi connectivity index (χ2n) is 13.8. The molecule has 9 aromatic rings. The van der Waals surface area contributed by atoms with Gasteiger partial charge >= 0.3 is 0 Å². The first-order valence-electron chi connectivity index (χ1n) is 18.7. The molecule has 0 saturated heterocycles. The van der Waals surface area contributed by atoms with Crippen LogP contribution >= 0.6 is 0 Å². The molecule has 0 aromatic heterocycles. The molecule has 9 rings (SSSR count). The zero-order valence-corrected chi connectivity index (χ0v) is 30.6. The van der Waals surface area contributed by atoms with E-state index in [1.165, 1.54) is 27.1 Å². The van der Waals surface area contributed by atoms with Crippen LogP contribution in [0.1, 0.15) is 5.56 Å². The third-order valence-electron chi connectivity index (χ3n) is 9.98. The number of hydrogen-bond donors (Lipinski definition) is 2. The summed E-state index contributed by atoms with van der Waals surface area (Å²) in [5.74, 6) is 0. The molecule has 0 bridgehead atoms. The van der Waals surface area contributed by atoms with Crippen LogP contribution in [-0.4, -0.2) is 0 Å². The van der Waals surface area contributed by atoms with Crippen molar-refractivity contribution in [2.24, 2.45) is 0 Å². The first-order valence-corrected chi connectivity index (χ1v) is 18.7. The zero-order chi connectivity index (χ0) is 37.0. The largest absolute Gasteiger partial charge is 0.356 e. The molecule has 0 amide bonds. The van der Waals surface area contributed by atoms with Gasteiger partial charge in [-0.25, -0.2) is 0 Å². The van der Waals surface area contributed by atoms with E-state index in [1.807, 2.05) is 0 Å². The lowest BCUT2D eigenvalue weighted by atomic mass is 10.0. The molecular weight excluding hydrogens is 669 g/mol. The van der Waals surface area contributed by atoms with Gasteiger partial charge in [-0.1, -0.05) is 84.4 Å². The summed E-state index contributed by atoms with van der Waals surface area (Å²) in [6.07, 6.45) is 0. The van der Waals surface area contributed by atoms with Crippen LogP contribution in [0, 0.1) is 6.92 Å². The number of fused-ring (bicyclic) bond motifs is 2. The van der Waals surface area contributed by atoms with E-state index in [0.29, 0.717) is 0 Å². The molecule has 0 radical (unpaired) electrons. The quantitative estimate of drug-likeness (QED) is 0.139. The fourth-order valence-electron chi connectivity index (χ4n) is 7.17. The maximum atomic E-state index is 3.63. The van der Waals surface area contributed by atoms with E-state index >= 15 is 0 Å². The first-order chi connectivity index (χ1) is 27.1. The topological polar surface area (TPSA) is 30.5 Å². The summed E-state index contributed by atoms with van der Waals surface area (Å²) in [6, 6.07) is 75.2. The number of hydrogen-bond acceptors (Lipinski definition) is 4. The zero-order valence-electron chi connectivity index (χ0n) is 30.6. The van der Waals surface area contributed by atoms with Crippen molar-refractivity contribution in [2.45, 2.75) is 6.92 Å². The highest BCUT2D eigenvalue weighted by Gasteiger charge is 2.15. The number of benzene rings is 9. The lowest BCUT2D eigenvalue weighted by molar-refractivity contribution is 1.28. The molecule has 0 spiro atoms. The molecule has 0 heterocycles. The Bertz CT molecular complexity index is 2630. The lowest BCUT2D eigenvalue weighted by Gasteiger charge is -2.26. The van der Waals surface area contributed by atoms with Crippen LogP contribution in [0.15, 0.2) is 212 Å². The van der Waals surface area contributed by atoms with Crippen molar-refractivity contribution < 1.29 is 0 Å². The predicted octanol–water partition coefficient (Wildman–Crippen LogP) is 14.7. The molecule has 0 aliphatic heterocycles. The van der Waals surface area contributed by atoms with Crippen LogP contribution < -0.4 is 20.4 Å². The minimum absolute atomic E-state index is 1.02. The predicted molar refractivity (Wildman–Crippen MR) is 235 cm³/mol. The molecule has 0 aliphatic carbocycles. The number of para-hydroxylation sites is 2. The molecular formula is C51H40N4. The van der Waals surface area contributed by atoms with Gasteiger partial charge in [-0.3, -0.25) is 0 Å². The molecule has 4 heteroatoms. The number of nitrogens with zero attached hydrogens (tertiary/aromatic N) is 2. The van der Waals surface area contributed by atoms with Crippen molar-refractivity contribution in [3.63, 3.8) is 0 Å². The maximum absolute atomic E-state index is 3.63. The van der Waals surface area contributed by atoms with Crippen LogP contribution in [0.2, 0.25) is 0 Å². The monoisotopic (exact) mass is 708 g/mol. The molecule has 0 atom stereocenters. The average Bonchev–Trinajstić information content (AvgIpc) is 3.24. The molecule has 0 saturated carbocycles. The molecule has 264 valence electrons. The van der Waals surface area contributed by atoms with E-state index in [0.717, 1.165) is 56.9 Å². The van der Waals surface area contributed by atoms with Gasteiger partial charge in [-0.15, -0.1) is 0 Å². The van der Waals surface area contributed by atoms with Gasteiger partial charge in [0.15, 0.2) is 0 Å². The Kier molecular flexibility index (Phi) is 9.13. The summed E-state index contributed by atoms with van der Waals surface area (Å²) in [5, 5.41) is 12.1. The maximum Gasteiger partial charge on any atom is 0.0468 e. The normalized spacial score (nSPS) is 11.0. The van der Waals surface area contributed by atoms with Gasteiger partial charge in [0.2, 0.25) is 0 Å². The summed E-state index contributed by atoms with van der Waals surface area (Å²) >= 11 is 0. The van der Waals surface area contributed by atoms with Gasteiger partial charge in [0, 0.05) is 56.9 Å². The Balaban J connectivity index is 1.01. The minimum Gasteiger partial charge on any atom is -0.356 e. The van der Waals surface area contributed by atoms with Crippen molar-refractivity contribution in [3.05, 3.63) is 218 Å². The number of rotatable bonds is 10. The highest BCUT2D eigenvalue weighted by molar-refractivity contribution is 6.00. The standard InChI is InChI=1S/C51H40N4/c1-37-16-19-42(20-17-37)52-43-23-30-49(31-24-43)55(51-27-18-40-34-38-10-8-9-11-39(38)35-41(40)36-51)50-32-25-45(26-33-50)53-44-21-28-48(29-22-44)54(46-12-4-2-5-13-46)47-14-6-3-7-15-47/h2-36,52-53H,1H3. The summed E-state index contributed by atoms with van der Waals surface area (Å²) in [6.45, 7) is 2.11. The molecule has 0 fully saturated rings. The third-order valence-corrected chi connectivity index (χ3v) is 9.98. The van der Waals surface area contributed by atoms with Crippen LogP contribution in [0.5, 0.6) is 0 Å². The van der Waals surface area contributed by atoms with Crippen molar-refractivity contribution in [2.75, 3.05) is 20.4 Å². The van der Waals surface area contributed by atoms with Gasteiger partial charge in [0.05, 0.1) is 0 Å². The van der Waals surface area contributed by atoms with E-state index in [1.54, 1.807) is 0 Å². The fourth-order valence-corrected chi connectivity index (χ4v) is 7.17. The third kappa shape index (κ3) is 7.35. The molecule has 55 heavy (non-hydrogen) atoms. The van der Waals surface area contributed by atoms with Gasteiger partial charge in [0.1, 0.15) is 0 Å². The Morgan fingerprint density at radius 1 is 0.273 bits per heavy atom. The minimum atomic E-state index is 1.02. The molecule has 2 N–H and O–H groups in total. The van der Waals surface area contributed by atoms with Gasteiger partial charge < -0.3 is 20.4 Å². The Hall–Kier alpha value is -7.30. The van der Waals surface area contributed by atoms with Gasteiger partial charge in [-0.05, 0) is 162 Å². The molecule has 4 nitrogen and oxygen atoms in total.